The van der Waals surface area contributed by atoms with Gasteiger partial charge in [-0.1, -0.05) is 52.4 Å². The van der Waals surface area contributed by atoms with Crippen LogP contribution in [0.1, 0.15) is 65.5 Å². The Morgan fingerprint density at radius 1 is 1.09 bits per heavy atom. The van der Waals surface area contributed by atoms with Crippen LogP contribution in [-0.4, -0.2) is 75.9 Å². The number of carbonyl (C=O) groups is 3. The SMILES string of the molecule is COc1ccc2nc3c(nc2c1)O[C@H]1CN(C(=O)[C@H](C(C)(C)C)NC(=O)O[C@@H]2C[C@@H]4C#C[C@@H]4[C@H]2CCCCC3)[C@H](C(=O)O)[C@@H]1C. The third-order valence-electron chi connectivity index (χ3n) is 9.88. The maximum absolute atomic E-state index is 14.2. The Balaban J connectivity index is 1.36. The number of methoxy groups -OCH3 is 1. The van der Waals surface area contributed by atoms with Crippen LogP contribution < -0.4 is 14.8 Å². The van der Waals surface area contributed by atoms with Crippen molar-refractivity contribution >= 4 is 29.0 Å². The lowest BCUT2D eigenvalue weighted by Crippen LogP contribution is -2.57. The lowest BCUT2D eigenvalue weighted by atomic mass is 9.81. The first-order valence-corrected chi connectivity index (χ1v) is 16.0. The molecule has 11 heteroatoms. The third-order valence-corrected chi connectivity index (χ3v) is 9.88. The lowest BCUT2D eigenvalue weighted by molar-refractivity contribution is -0.151. The summed E-state index contributed by atoms with van der Waals surface area (Å²) in [5.41, 5.74) is 1.28. The number of aliphatic carboxylic acids is 1. The molecule has 0 spiro atoms. The van der Waals surface area contributed by atoms with Gasteiger partial charge in [0, 0.05) is 29.7 Å². The number of alkyl carbamates (subject to hydrolysis) is 1. The van der Waals surface area contributed by atoms with Gasteiger partial charge in [0.15, 0.2) is 0 Å². The quantitative estimate of drug-likeness (QED) is 0.474. The van der Waals surface area contributed by atoms with Crippen molar-refractivity contribution in [1.82, 2.24) is 20.2 Å². The second-order valence-corrected chi connectivity index (χ2v) is 13.9. The van der Waals surface area contributed by atoms with Crippen LogP contribution in [0.25, 0.3) is 11.0 Å². The number of benzene rings is 1. The molecule has 2 aromatic rings. The Hall–Kier alpha value is -4.07. The van der Waals surface area contributed by atoms with Crippen molar-refractivity contribution in [3.8, 4) is 23.5 Å². The highest BCUT2D eigenvalue weighted by Crippen LogP contribution is 2.45. The maximum Gasteiger partial charge on any atom is 0.408 e. The van der Waals surface area contributed by atoms with E-state index in [4.69, 9.17) is 24.2 Å². The Morgan fingerprint density at radius 3 is 2.58 bits per heavy atom. The van der Waals surface area contributed by atoms with Gasteiger partial charge in [0.05, 0.1) is 24.7 Å². The fourth-order valence-electron chi connectivity index (χ4n) is 7.29. The van der Waals surface area contributed by atoms with Crippen LogP contribution in [0, 0.1) is 40.9 Å². The molecule has 2 amide bonds. The monoisotopic (exact) mass is 618 g/mol. The Morgan fingerprint density at radius 2 is 1.89 bits per heavy atom. The molecule has 2 fully saturated rings. The topological polar surface area (TPSA) is 140 Å². The first kappa shape index (κ1) is 30.9. The van der Waals surface area contributed by atoms with E-state index < -0.39 is 47.5 Å². The summed E-state index contributed by atoms with van der Waals surface area (Å²) in [5.74, 6) is 5.87. The van der Waals surface area contributed by atoms with E-state index >= 15 is 0 Å². The van der Waals surface area contributed by atoms with Crippen LogP contribution in [0.5, 0.6) is 11.6 Å². The molecule has 2 bridgehead atoms. The number of nitrogens with zero attached hydrogens (tertiary/aromatic N) is 3. The molecule has 0 unspecified atom stereocenters. The number of fused-ring (bicyclic) bond motifs is 7. The van der Waals surface area contributed by atoms with Gasteiger partial charge in [0.1, 0.15) is 35.7 Å². The number of amides is 2. The molecule has 2 aliphatic carbocycles. The smallest absolute Gasteiger partial charge is 0.408 e. The number of aryl methyl sites for hydroxylation is 1. The number of nitrogens with one attached hydrogen (secondary N) is 1. The van der Waals surface area contributed by atoms with E-state index in [9.17, 15) is 19.5 Å². The highest BCUT2D eigenvalue weighted by molar-refractivity contribution is 5.90. The number of carboxylic acids is 1. The van der Waals surface area contributed by atoms with Gasteiger partial charge in [-0.3, -0.25) is 4.79 Å². The number of hydrogen-bond acceptors (Lipinski definition) is 8. The summed E-state index contributed by atoms with van der Waals surface area (Å²) in [5, 5.41) is 13.1. The van der Waals surface area contributed by atoms with Crippen LogP contribution in [0.2, 0.25) is 0 Å². The van der Waals surface area contributed by atoms with E-state index in [2.05, 4.69) is 17.2 Å². The van der Waals surface area contributed by atoms with Crippen LogP contribution >= 0.6 is 0 Å². The predicted molar refractivity (Wildman–Crippen MR) is 164 cm³/mol. The summed E-state index contributed by atoms with van der Waals surface area (Å²) in [6.07, 6.45) is 3.31. The van der Waals surface area contributed by atoms with Crippen molar-refractivity contribution in [1.29, 1.82) is 0 Å². The highest BCUT2D eigenvalue weighted by Gasteiger charge is 2.51. The van der Waals surface area contributed by atoms with E-state index in [0.29, 0.717) is 41.2 Å². The van der Waals surface area contributed by atoms with Crippen molar-refractivity contribution in [3.05, 3.63) is 23.9 Å². The molecule has 8 atom stereocenters. The van der Waals surface area contributed by atoms with Gasteiger partial charge in [-0.15, -0.1) is 0 Å². The molecule has 2 N–H and O–H groups in total. The van der Waals surface area contributed by atoms with Crippen molar-refractivity contribution < 1.29 is 33.7 Å². The molecule has 4 aliphatic rings. The number of carbonyl (C=O) groups excluding carboxylic acids is 2. The van der Waals surface area contributed by atoms with Gasteiger partial charge in [-0.2, -0.15) is 0 Å². The Bertz CT molecular complexity index is 1560. The molecule has 3 heterocycles. The van der Waals surface area contributed by atoms with E-state index in [0.717, 1.165) is 25.7 Å². The van der Waals surface area contributed by atoms with Gasteiger partial charge in [0.25, 0.3) is 0 Å². The Kier molecular flexibility index (Phi) is 8.27. The first-order chi connectivity index (χ1) is 21.4. The molecule has 240 valence electrons. The van der Waals surface area contributed by atoms with Crippen molar-refractivity contribution in [2.24, 2.45) is 29.1 Å². The van der Waals surface area contributed by atoms with E-state index in [1.807, 2.05) is 32.9 Å². The largest absolute Gasteiger partial charge is 0.497 e. The van der Waals surface area contributed by atoms with Crippen molar-refractivity contribution in [2.75, 3.05) is 13.7 Å². The summed E-state index contributed by atoms with van der Waals surface area (Å²) in [6, 6.07) is 3.32. The third kappa shape index (κ3) is 5.99. The summed E-state index contributed by atoms with van der Waals surface area (Å²) in [4.78, 5) is 51.1. The predicted octanol–water partition coefficient (Wildman–Crippen LogP) is 4.21. The zero-order chi connectivity index (χ0) is 32.0. The van der Waals surface area contributed by atoms with Crippen LogP contribution in [0.3, 0.4) is 0 Å². The van der Waals surface area contributed by atoms with Crippen LogP contribution in [0.4, 0.5) is 4.79 Å². The molecule has 1 aromatic carbocycles. The Labute approximate surface area is 263 Å². The fourth-order valence-corrected chi connectivity index (χ4v) is 7.29. The second kappa shape index (κ2) is 12.0. The number of rotatable bonds is 2. The molecule has 2 aliphatic heterocycles. The minimum atomic E-state index is -1.16. The highest BCUT2D eigenvalue weighted by atomic mass is 16.6. The maximum atomic E-state index is 14.2. The van der Waals surface area contributed by atoms with Gasteiger partial charge < -0.3 is 29.5 Å². The summed E-state index contributed by atoms with van der Waals surface area (Å²) in [6.45, 7) is 7.29. The number of aromatic nitrogens is 2. The molecule has 1 saturated heterocycles. The summed E-state index contributed by atoms with van der Waals surface area (Å²) in [7, 11) is 1.59. The van der Waals surface area contributed by atoms with Crippen molar-refractivity contribution in [3.63, 3.8) is 0 Å². The minimum Gasteiger partial charge on any atom is -0.497 e. The van der Waals surface area contributed by atoms with Gasteiger partial charge in [-0.05, 0) is 43.2 Å². The van der Waals surface area contributed by atoms with Crippen molar-refractivity contribution in [2.45, 2.75) is 90.5 Å². The average molecular weight is 619 g/mol. The normalized spacial score (nSPS) is 31.8. The number of hydrogen-bond donors (Lipinski definition) is 2. The van der Waals surface area contributed by atoms with Gasteiger partial charge >= 0.3 is 12.1 Å². The molecular formula is C34H42N4O7. The van der Waals surface area contributed by atoms with E-state index in [1.54, 1.807) is 20.1 Å². The zero-order valence-corrected chi connectivity index (χ0v) is 26.5. The zero-order valence-electron chi connectivity index (χ0n) is 26.5. The molecule has 11 nitrogen and oxygen atoms in total. The fraction of sp³-hybridized carbons (Fsp3) is 0.618. The first-order valence-electron chi connectivity index (χ1n) is 16.0. The van der Waals surface area contributed by atoms with Gasteiger partial charge in [0.2, 0.25) is 11.8 Å². The standard InChI is InChI=1S/C34H42N4O7/c1-18-27-17-38(28(18)32(40)41)31(39)29(34(2,3)4)37-33(42)45-26-15-19-11-13-21(19)22(26)9-7-6-8-10-24-30(44-27)36-25-16-20(43-5)12-14-23(25)35-24/h12,14,16,18-19,21-22,26-29H,6-10,15,17H2,1-5H3,(H,37,42)(H,40,41)/t18-,19+,21+,22-,26-,27+,28+,29-/m1/s1. The summed E-state index contributed by atoms with van der Waals surface area (Å²) < 4.78 is 17.9. The lowest BCUT2D eigenvalue weighted by Gasteiger charge is -2.35. The van der Waals surface area contributed by atoms with Crippen LogP contribution in [0.15, 0.2) is 18.2 Å². The number of ether oxygens (including phenoxy) is 3. The molecule has 1 aromatic heterocycles. The average Bonchev–Trinajstić information content (AvgIpc) is 3.41. The second-order valence-electron chi connectivity index (χ2n) is 13.9. The molecule has 1 saturated carbocycles. The summed E-state index contributed by atoms with van der Waals surface area (Å²) >= 11 is 0. The van der Waals surface area contributed by atoms with Crippen LogP contribution in [-0.2, 0) is 20.7 Å². The molecule has 0 radical (unpaired) electrons. The minimum absolute atomic E-state index is 0.0168. The molecule has 45 heavy (non-hydrogen) atoms. The molecular weight excluding hydrogens is 576 g/mol. The van der Waals surface area contributed by atoms with E-state index in [-0.39, 0.29) is 30.4 Å². The van der Waals surface area contributed by atoms with E-state index in [1.165, 1.54) is 4.90 Å². The van der Waals surface area contributed by atoms with Gasteiger partial charge in [-0.25, -0.2) is 19.6 Å². The molecule has 6 rings (SSSR count). The number of carboxylic acid groups (broad SMARTS) is 1.